The first kappa shape index (κ1) is 16.0. The number of benzene rings is 2. The van der Waals surface area contributed by atoms with E-state index in [1.165, 1.54) is 35.4 Å². The lowest BCUT2D eigenvalue weighted by molar-refractivity contribution is -0.384. The van der Waals surface area contributed by atoms with Crippen LogP contribution in [-0.4, -0.2) is 17.2 Å². The molecule has 0 atom stereocenters. The molecule has 0 amide bonds. The standard InChI is InChI=1S/C18H17NO5/c1-12-2-4-13(5-3-12)14-10-17(11-14)24-18(20)23-16-8-6-15(7-9-16)19(21)22/h2-9,14,17H,10-11H2,1H3. The summed E-state index contributed by atoms with van der Waals surface area (Å²) in [5, 5.41) is 10.6. The highest BCUT2D eigenvalue weighted by Gasteiger charge is 2.33. The Labute approximate surface area is 139 Å². The first-order valence-corrected chi connectivity index (χ1v) is 7.71. The van der Waals surface area contributed by atoms with Crippen LogP contribution in [0.15, 0.2) is 48.5 Å². The molecule has 6 nitrogen and oxygen atoms in total. The molecular formula is C18H17NO5. The maximum atomic E-state index is 11.7. The van der Waals surface area contributed by atoms with Crippen molar-refractivity contribution in [2.24, 2.45) is 0 Å². The number of non-ortho nitro benzene ring substituents is 1. The molecule has 0 heterocycles. The largest absolute Gasteiger partial charge is 0.514 e. The summed E-state index contributed by atoms with van der Waals surface area (Å²) < 4.78 is 10.3. The number of hydrogen-bond acceptors (Lipinski definition) is 5. The van der Waals surface area contributed by atoms with Crippen LogP contribution >= 0.6 is 0 Å². The summed E-state index contributed by atoms with van der Waals surface area (Å²) in [7, 11) is 0. The molecule has 0 N–H and O–H groups in total. The van der Waals surface area contributed by atoms with Crippen LogP contribution < -0.4 is 4.74 Å². The molecule has 6 heteroatoms. The number of nitrogens with zero attached hydrogens (tertiary/aromatic N) is 1. The van der Waals surface area contributed by atoms with Gasteiger partial charge in [-0.1, -0.05) is 29.8 Å². The van der Waals surface area contributed by atoms with Crippen molar-refractivity contribution in [3.8, 4) is 5.75 Å². The molecule has 0 saturated heterocycles. The van der Waals surface area contributed by atoms with E-state index < -0.39 is 11.1 Å². The number of hydrogen-bond donors (Lipinski definition) is 0. The van der Waals surface area contributed by atoms with Crippen LogP contribution in [0.3, 0.4) is 0 Å². The van der Waals surface area contributed by atoms with E-state index in [0.29, 0.717) is 5.92 Å². The van der Waals surface area contributed by atoms with Gasteiger partial charge in [0.05, 0.1) is 4.92 Å². The lowest BCUT2D eigenvalue weighted by Crippen LogP contribution is -2.32. The van der Waals surface area contributed by atoms with Gasteiger partial charge < -0.3 is 9.47 Å². The van der Waals surface area contributed by atoms with Gasteiger partial charge in [0.1, 0.15) is 11.9 Å². The zero-order valence-corrected chi connectivity index (χ0v) is 13.2. The van der Waals surface area contributed by atoms with Crippen molar-refractivity contribution in [1.29, 1.82) is 0 Å². The SMILES string of the molecule is Cc1ccc(C2CC(OC(=O)Oc3ccc([N+](=O)[O-])cc3)C2)cc1. The van der Waals surface area contributed by atoms with E-state index in [2.05, 4.69) is 24.3 Å². The molecule has 1 fully saturated rings. The molecule has 0 unspecified atom stereocenters. The molecule has 2 aromatic carbocycles. The fourth-order valence-corrected chi connectivity index (χ4v) is 2.66. The molecule has 2 aromatic rings. The van der Waals surface area contributed by atoms with E-state index in [1.807, 2.05) is 6.92 Å². The van der Waals surface area contributed by atoms with Crippen molar-refractivity contribution in [2.45, 2.75) is 31.8 Å². The third-order valence-electron chi connectivity index (χ3n) is 4.16. The van der Waals surface area contributed by atoms with Gasteiger partial charge >= 0.3 is 6.16 Å². The van der Waals surface area contributed by atoms with Gasteiger partial charge in [-0.2, -0.15) is 0 Å². The van der Waals surface area contributed by atoms with Gasteiger partial charge in [-0.15, -0.1) is 0 Å². The van der Waals surface area contributed by atoms with Crippen LogP contribution in [0.4, 0.5) is 10.5 Å². The summed E-state index contributed by atoms with van der Waals surface area (Å²) in [6, 6.07) is 13.7. The van der Waals surface area contributed by atoms with Gasteiger partial charge in [0.2, 0.25) is 0 Å². The smallest absolute Gasteiger partial charge is 0.431 e. The van der Waals surface area contributed by atoms with E-state index in [9.17, 15) is 14.9 Å². The van der Waals surface area contributed by atoms with Gasteiger partial charge in [0.25, 0.3) is 5.69 Å². The Morgan fingerprint density at radius 2 is 1.71 bits per heavy atom. The Bertz CT molecular complexity index is 733. The summed E-state index contributed by atoms with van der Waals surface area (Å²) in [5.74, 6) is 0.628. The molecule has 3 rings (SSSR count). The number of nitro groups is 1. The number of rotatable bonds is 4. The predicted molar refractivity (Wildman–Crippen MR) is 87.1 cm³/mol. The summed E-state index contributed by atoms with van der Waals surface area (Å²) in [6.07, 6.45) is 0.620. The van der Waals surface area contributed by atoms with Crippen molar-refractivity contribution < 1.29 is 19.2 Å². The van der Waals surface area contributed by atoms with Gasteiger partial charge in [0, 0.05) is 12.1 Å². The molecule has 0 aromatic heterocycles. The van der Waals surface area contributed by atoms with Crippen molar-refractivity contribution in [1.82, 2.24) is 0 Å². The van der Waals surface area contributed by atoms with Crippen molar-refractivity contribution in [3.63, 3.8) is 0 Å². The minimum absolute atomic E-state index is 0.0596. The molecule has 24 heavy (non-hydrogen) atoms. The second-order valence-corrected chi connectivity index (χ2v) is 5.92. The number of aryl methyl sites for hydroxylation is 1. The average molecular weight is 327 g/mol. The van der Waals surface area contributed by atoms with Crippen LogP contribution in [0.1, 0.15) is 29.9 Å². The Morgan fingerprint density at radius 3 is 2.29 bits per heavy atom. The van der Waals surface area contributed by atoms with E-state index in [-0.39, 0.29) is 17.5 Å². The number of nitro benzene ring substituents is 1. The van der Waals surface area contributed by atoms with Gasteiger partial charge in [-0.3, -0.25) is 10.1 Å². The highest BCUT2D eigenvalue weighted by molar-refractivity contribution is 5.64. The zero-order chi connectivity index (χ0) is 17.1. The molecule has 1 aliphatic rings. The van der Waals surface area contributed by atoms with E-state index in [1.54, 1.807) is 0 Å². The van der Waals surface area contributed by atoms with E-state index >= 15 is 0 Å². The summed E-state index contributed by atoms with van der Waals surface area (Å²) >= 11 is 0. The first-order valence-electron chi connectivity index (χ1n) is 7.71. The molecule has 124 valence electrons. The normalized spacial score (nSPS) is 19.2. The minimum atomic E-state index is -0.781. The number of carbonyl (C=O) groups is 1. The molecular weight excluding hydrogens is 310 g/mol. The Morgan fingerprint density at radius 1 is 1.08 bits per heavy atom. The average Bonchev–Trinajstić information content (AvgIpc) is 2.52. The highest BCUT2D eigenvalue weighted by Crippen LogP contribution is 2.39. The van der Waals surface area contributed by atoms with Crippen LogP contribution in [0.5, 0.6) is 5.75 Å². The van der Waals surface area contributed by atoms with Crippen LogP contribution in [0.2, 0.25) is 0 Å². The Balaban J connectivity index is 1.46. The first-order chi connectivity index (χ1) is 11.5. The topological polar surface area (TPSA) is 78.7 Å². The molecule has 0 aliphatic heterocycles. The molecule has 0 radical (unpaired) electrons. The molecule has 0 spiro atoms. The van der Waals surface area contributed by atoms with Gasteiger partial charge in [-0.05, 0) is 43.4 Å². The summed E-state index contributed by atoms with van der Waals surface area (Å²) in [4.78, 5) is 21.8. The number of carbonyl (C=O) groups excluding carboxylic acids is 1. The molecule has 1 aliphatic carbocycles. The third kappa shape index (κ3) is 3.71. The molecule has 0 bridgehead atoms. The van der Waals surface area contributed by atoms with E-state index in [0.717, 1.165) is 12.8 Å². The predicted octanol–water partition coefficient (Wildman–Crippen LogP) is 4.36. The second-order valence-electron chi connectivity index (χ2n) is 5.92. The van der Waals surface area contributed by atoms with Crippen LogP contribution in [0.25, 0.3) is 0 Å². The lowest BCUT2D eigenvalue weighted by atomic mass is 9.77. The van der Waals surface area contributed by atoms with E-state index in [4.69, 9.17) is 9.47 Å². The Hall–Kier alpha value is -2.89. The van der Waals surface area contributed by atoms with Crippen molar-refractivity contribution >= 4 is 11.8 Å². The third-order valence-corrected chi connectivity index (χ3v) is 4.16. The fraction of sp³-hybridized carbons (Fsp3) is 0.278. The second kappa shape index (κ2) is 6.70. The quantitative estimate of drug-likeness (QED) is 0.361. The zero-order valence-electron chi connectivity index (χ0n) is 13.2. The van der Waals surface area contributed by atoms with Crippen molar-refractivity contribution in [2.75, 3.05) is 0 Å². The summed E-state index contributed by atoms with van der Waals surface area (Å²) in [5.41, 5.74) is 2.41. The Kier molecular flexibility index (Phi) is 4.46. The maximum absolute atomic E-state index is 11.7. The van der Waals surface area contributed by atoms with Crippen molar-refractivity contribution in [3.05, 3.63) is 69.8 Å². The number of ether oxygens (including phenoxy) is 2. The monoisotopic (exact) mass is 327 g/mol. The lowest BCUT2D eigenvalue weighted by Gasteiger charge is -2.34. The maximum Gasteiger partial charge on any atom is 0.514 e. The molecule has 1 saturated carbocycles. The fourth-order valence-electron chi connectivity index (χ4n) is 2.66. The summed E-state index contributed by atoms with van der Waals surface area (Å²) in [6.45, 7) is 2.05. The highest BCUT2D eigenvalue weighted by atomic mass is 16.7. The van der Waals surface area contributed by atoms with Crippen LogP contribution in [-0.2, 0) is 4.74 Å². The minimum Gasteiger partial charge on any atom is -0.431 e. The van der Waals surface area contributed by atoms with Crippen LogP contribution in [0, 0.1) is 17.0 Å². The van der Waals surface area contributed by atoms with Gasteiger partial charge in [0.15, 0.2) is 0 Å². The van der Waals surface area contributed by atoms with Gasteiger partial charge in [-0.25, -0.2) is 4.79 Å².